The van der Waals surface area contributed by atoms with Crippen LogP contribution in [0.4, 0.5) is 8.78 Å². The molecule has 0 spiro atoms. The third-order valence-corrected chi connectivity index (χ3v) is 4.72. The zero-order valence-corrected chi connectivity index (χ0v) is 11.2. The van der Waals surface area contributed by atoms with E-state index in [1.807, 2.05) is 30.0 Å². The molecule has 1 aliphatic carbocycles. The molecule has 0 atom stereocenters. The van der Waals surface area contributed by atoms with E-state index in [-0.39, 0.29) is 0 Å². The zero-order valence-electron chi connectivity index (χ0n) is 10.4. The zero-order chi connectivity index (χ0) is 13.2. The van der Waals surface area contributed by atoms with Crippen molar-refractivity contribution in [2.45, 2.75) is 29.4 Å². The topological polar surface area (TPSA) is 0 Å². The molecule has 0 heterocycles. The molecule has 1 fully saturated rings. The van der Waals surface area contributed by atoms with Crippen molar-refractivity contribution in [3.8, 4) is 11.1 Å². The SMILES string of the molecule is Fc1cc(F)cc(-c2cccc(SC3CCC3)c2)c1. The molecule has 0 unspecified atom stereocenters. The predicted molar refractivity (Wildman–Crippen MR) is 75.3 cm³/mol. The Morgan fingerprint density at radius 3 is 2.26 bits per heavy atom. The van der Waals surface area contributed by atoms with Gasteiger partial charge in [0.05, 0.1) is 0 Å². The highest BCUT2D eigenvalue weighted by molar-refractivity contribution is 8.00. The van der Waals surface area contributed by atoms with Crippen molar-refractivity contribution in [2.24, 2.45) is 0 Å². The van der Waals surface area contributed by atoms with Gasteiger partial charge in [0.15, 0.2) is 0 Å². The summed E-state index contributed by atoms with van der Waals surface area (Å²) < 4.78 is 26.5. The van der Waals surface area contributed by atoms with E-state index < -0.39 is 11.6 Å². The first-order chi connectivity index (χ1) is 9.20. The van der Waals surface area contributed by atoms with Gasteiger partial charge in [-0.15, -0.1) is 11.8 Å². The van der Waals surface area contributed by atoms with Crippen LogP contribution in [-0.4, -0.2) is 5.25 Å². The highest BCUT2D eigenvalue weighted by atomic mass is 32.2. The van der Waals surface area contributed by atoms with Crippen LogP contribution in [0.1, 0.15) is 19.3 Å². The van der Waals surface area contributed by atoms with Crippen molar-refractivity contribution in [3.05, 3.63) is 54.1 Å². The second kappa shape index (κ2) is 5.33. The van der Waals surface area contributed by atoms with E-state index in [1.54, 1.807) is 0 Å². The molecule has 0 amide bonds. The normalized spacial score (nSPS) is 15.3. The first-order valence-corrected chi connectivity index (χ1v) is 7.32. The molecule has 0 aliphatic heterocycles. The van der Waals surface area contributed by atoms with E-state index in [1.165, 1.54) is 36.3 Å². The monoisotopic (exact) mass is 276 g/mol. The fourth-order valence-electron chi connectivity index (χ4n) is 2.15. The summed E-state index contributed by atoms with van der Waals surface area (Å²) in [5.74, 6) is -1.07. The molecule has 0 N–H and O–H groups in total. The molecule has 0 saturated heterocycles. The van der Waals surface area contributed by atoms with Gasteiger partial charge in [0.2, 0.25) is 0 Å². The molecule has 3 rings (SSSR count). The van der Waals surface area contributed by atoms with Crippen molar-refractivity contribution >= 4 is 11.8 Å². The lowest BCUT2D eigenvalue weighted by Gasteiger charge is -2.24. The highest BCUT2D eigenvalue weighted by Gasteiger charge is 2.18. The minimum Gasteiger partial charge on any atom is -0.207 e. The quantitative estimate of drug-likeness (QED) is 0.735. The fourth-order valence-corrected chi connectivity index (χ4v) is 3.46. The molecule has 98 valence electrons. The molecule has 19 heavy (non-hydrogen) atoms. The van der Waals surface area contributed by atoms with Gasteiger partial charge in [0.25, 0.3) is 0 Å². The van der Waals surface area contributed by atoms with E-state index >= 15 is 0 Å². The van der Waals surface area contributed by atoms with Gasteiger partial charge in [-0.05, 0) is 48.2 Å². The lowest BCUT2D eigenvalue weighted by Crippen LogP contribution is -2.12. The van der Waals surface area contributed by atoms with Crippen molar-refractivity contribution in [2.75, 3.05) is 0 Å². The number of thioether (sulfide) groups is 1. The smallest absolute Gasteiger partial charge is 0.126 e. The Hall–Kier alpha value is -1.35. The van der Waals surface area contributed by atoms with Crippen molar-refractivity contribution in [1.29, 1.82) is 0 Å². The minimum atomic E-state index is -0.535. The maximum Gasteiger partial charge on any atom is 0.126 e. The van der Waals surface area contributed by atoms with Crippen LogP contribution in [0, 0.1) is 11.6 Å². The lowest BCUT2D eigenvalue weighted by atomic mass is 10.00. The molecule has 0 radical (unpaired) electrons. The Labute approximate surface area is 115 Å². The van der Waals surface area contributed by atoms with Gasteiger partial charge in [0, 0.05) is 16.2 Å². The average Bonchev–Trinajstić information content (AvgIpc) is 2.33. The summed E-state index contributed by atoms with van der Waals surface area (Å²) in [5.41, 5.74) is 1.45. The summed E-state index contributed by atoms with van der Waals surface area (Å²) in [4.78, 5) is 1.17. The summed E-state index contributed by atoms with van der Waals surface area (Å²) in [7, 11) is 0. The predicted octanol–water partition coefficient (Wildman–Crippen LogP) is 5.28. The van der Waals surface area contributed by atoms with Crippen molar-refractivity contribution < 1.29 is 8.78 Å². The summed E-state index contributed by atoms with van der Waals surface area (Å²) in [6.45, 7) is 0. The van der Waals surface area contributed by atoms with Crippen LogP contribution in [-0.2, 0) is 0 Å². The van der Waals surface area contributed by atoms with Gasteiger partial charge < -0.3 is 0 Å². The molecule has 3 heteroatoms. The third kappa shape index (κ3) is 2.98. The Morgan fingerprint density at radius 1 is 0.895 bits per heavy atom. The maximum absolute atomic E-state index is 13.2. The molecule has 0 bridgehead atoms. The van der Waals surface area contributed by atoms with Crippen LogP contribution in [0.3, 0.4) is 0 Å². The van der Waals surface area contributed by atoms with E-state index in [2.05, 4.69) is 6.07 Å². The maximum atomic E-state index is 13.2. The van der Waals surface area contributed by atoms with Crippen LogP contribution >= 0.6 is 11.8 Å². The third-order valence-electron chi connectivity index (χ3n) is 3.38. The fraction of sp³-hybridized carbons (Fsp3) is 0.250. The summed E-state index contributed by atoms with van der Waals surface area (Å²) in [5, 5.41) is 0.708. The molecular weight excluding hydrogens is 262 g/mol. The second-order valence-corrected chi connectivity index (χ2v) is 6.23. The van der Waals surface area contributed by atoms with Gasteiger partial charge in [-0.25, -0.2) is 8.78 Å². The van der Waals surface area contributed by atoms with Crippen LogP contribution in [0.15, 0.2) is 47.4 Å². The van der Waals surface area contributed by atoms with Crippen LogP contribution in [0.5, 0.6) is 0 Å². The van der Waals surface area contributed by atoms with Gasteiger partial charge in [-0.3, -0.25) is 0 Å². The molecule has 0 aromatic heterocycles. The number of rotatable bonds is 3. The molecule has 1 saturated carbocycles. The summed E-state index contributed by atoms with van der Waals surface area (Å²) in [6, 6.07) is 11.5. The standard InChI is InChI=1S/C16H14F2S/c17-13-7-12(8-14(18)10-13)11-3-1-6-16(9-11)19-15-4-2-5-15/h1,3,6-10,15H,2,4-5H2. The Balaban J connectivity index is 1.88. The molecular formula is C16H14F2S. The average molecular weight is 276 g/mol. The Bertz CT molecular complexity index is 571. The number of hydrogen-bond donors (Lipinski definition) is 0. The molecule has 0 nitrogen and oxygen atoms in total. The summed E-state index contributed by atoms with van der Waals surface area (Å²) >= 11 is 1.86. The Kier molecular flexibility index (Phi) is 3.56. The largest absolute Gasteiger partial charge is 0.207 e. The Morgan fingerprint density at radius 2 is 1.63 bits per heavy atom. The van der Waals surface area contributed by atoms with Gasteiger partial charge in [0.1, 0.15) is 11.6 Å². The molecule has 2 aromatic rings. The molecule has 1 aliphatic rings. The lowest BCUT2D eigenvalue weighted by molar-refractivity contribution is 0.522. The number of halogens is 2. The number of benzene rings is 2. The van der Waals surface area contributed by atoms with Gasteiger partial charge in [-0.1, -0.05) is 18.6 Å². The van der Waals surface area contributed by atoms with E-state index in [4.69, 9.17) is 0 Å². The van der Waals surface area contributed by atoms with E-state index in [9.17, 15) is 8.78 Å². The first kappa shape index (κ1) is 12.7. The van der Waals surface area contributed by atoms with Gasteiger partial charge >= 0.3 is 0 Å². The van der Waals surface area contributed by atoms with Crippen molar-refractivity contribution in [3.63, 3.8) is 0 Å². The van der Waals surface area contributed by atoms with Crippen LogP contribution < -0.4 is 0 Å². The van der Waals surface area contributed by atoms with Gasteiger partial charge in [-0.2, -0.15) is 0 Å². The minimum absolute atomic E-state index is 0.535. The van der Waals surface area contributed by atoms with E-state index in [0.29, 0.717) is 10.8 Å². The van der Waals surface area contributed by atoms with Crippen LogP contribution in [0.25, 0.3) is 11.1 Å². The van der Waals surface area contributed by atoms with Crippen molar-refractivity contribution in [1.82, 2.24) is 0 Å². The number of hydrogen-bond acceptors (Lipinski definition) is 1. The summed E-state index contributed by atoms with van der Waals surface area (Å²) in [6.07, 6.45) is 3.85. The first-order valence-electron chi connectivity index (χ1n) is 6.44. The second-order valence-electron chi connectivity index (χ2n) is 4.86. The highest BCUT2D eigenvalue weighted by Crippen LogP contribution is 2.37. The molecule has 2 aromatic carbocycles. The van der Waals surface area contributed by atoms with Crippen LogP contribution in [0.2, 0.25) is 0 Å². The van der Waals surface area contributed by atoms with E-state index in [0.717, 1.165) is 11.6 Å².